The second-order valence-electron chi connectivity index (χ2n) is 6.14. The van der Waals surface area contributed by atoms with Crippen LogP contribution in [0.2, 0.25) is 0 Å². The van der Waals surface area contributed by atoms with Crippen molar-refractivity contribution < 1.29 is 4.79 Å². The number of hydrogen-bond acceptors (Lipinski definition) is 2. The van der Waals surface area contributed by atoms with Gasteiger partial charge in [-0.2, -0.15) is 0 Å². The standard InChI is InChI=1S/C13H26N2O/c1-5-10(8-9-6-7-9)15-12(16)11(14)13(2,3)4/h9-11H,5-8,14H2,1-4H3,(H,15,16)/t10?,11-/m0/s1. The van der Waals surface area contributed by atoms with E-state index in [9.17, 15) is 4.79 Å². The van der Waals surface area contributed by atoms with Crippen LogP contribution in [0.3, 0.4) is 0 Å². The minimum atomic E-state index is -0.416. The highest BCUT2D eigenvalue weighted by atomic mass is 16.2. The molecule has 3 N–H and O–H groups in total. The molecule has 1 aliphatic rings. The molecule has 0 heterocycles. The van der Waals surface area contributed by atoms with Gasteiger partial charge in [-0.15, -0.1) is 0 Å². The summed E-state index contributed by atoms with van der Waals surface area (Å²) in [5, 5.41) is 3.08. The van der Waals surface area contributed by atoms with E-state index in [4.69, 9.17) is 5.73 Å². The van der Waals surface area contributed by atoms with Crippen LogP contribution in [-0.2, 0) is 4.79 Å². The summed E-state index contributed by atoms with van der Waals surface area (Å²) in [4.78, 5) is 11.9. The summed E-state index contributed by atoms with van der Waals surface area (Å²) in [5.74, 6) is 0.844. The number of carbonyl (C=O) groups excluding carboxylic acids is 1. The Labute approximate surface area is 99.2 Å². The molecule has 0 radical (unpaired) electrons. The minimum absolute atomic E-state index is 0.000000000000000222. The second kappa shape index (κ2) is 5.17. The molecule has 3 heteroatoms. The van der Waals surface area contributed by atoms with E-state index in [2.05, 4.69) is 12.2 Å². The third-order valence-electron chi connectivity index (χ3n) is 3.37. The second-order valence-corrected chi connectivity index (χ2v) is 6.14. The lowest BCUT2D eigenvalue weighted by atomic mass is 9.86. The molecule has 1 aliphatic carbocycles. The average molecular weight is 226 g/mol. The van der Waals surface area contributed by atoms with Crippen molar-refractivity contribution in [3.8, 4) is 0 Å². The molecule has 0 aromatic rings. The highest BCUT2D eigenvalue weighted by Gasteiger charge is 2.30. The molecule has 0 spiro atoms. The summed E-state index contributed by atoms with van der Waals surface area (Å²) in [6.45, 7) is 8.12. The lowest BCUT2D eigenvalue weighted by Crippen LogP contribution is -2.51. The molecule has 0 saturated heterocycles. The fourth-order valence-electron chi connectivity index (χ4n) is 1.77. The fourth-order valence-corrected chi connectivity index (χ4v) is 1.77. The van der Waals surface area contributed by atoms with Crippen molar-refractivity contribution in [2.75, 3.05) is 0 Å². The Hall–Kier alpha value is -0.570. The van der Waals surface area contributed by atoms with Gasteiger partial charge in [0.15, 0.2) is 0 Å². The van der Waals surface area contributed by atoms with E-state index in [1.807, 2.05) is 20.8 Å². The molecule has 2 atom stereocenters. The molecule has 1 saturated carbocycles. The monoisotopic (exact) mass is 226 g/mol. The van der Waals surface area contributed by atoms with Gasteiger partial charge in [0.05, 0.1) is 6.04 Å². The van der Waals surface area contributed by atoms with Crippen LogP contribution < -0.4 is 11.1 Å². The Morgan fingerprint density at radius 1 is 1.44 bits per heavy atom. The topological polar surface area (TPSA) is 55.1 Å². The molecule has 0 bridgehead atoms. The number of carbonyl (C=O) groups is 1. The molecule has 0 aromatic heterocycles. The first kappa shape index (κ1) is 13.5. The summed E-state index contributed by atoms with van der Waals surface area (Å²) < 4.78 is 0. The molecule has 3 nitrogen and oxygen atoms in total. The van der Waals surface area contributed by atoms with Gasteiger partial charge in [0.1, 0.15) is 0 Å². The van der Waals surface area contributed by atoms with Crippen LogP contribution in [0.25, 0.3) is 0 Å². The Morgan fingerprint density at radius 3 is 2.38 bits per heavy atom. The van der Waals surface area contributed by atoms with Gasteiger partial charge >= 0.3 is 0 Å². The molecular weight excluding hydrogens is 200 g/mol. The highest BCUT2D eigenvalue weighted by molar-refractivity contribution is 5.82. The normalized spacial score (nSPS) is 20.3. The van der Waals surface area contributed by atoms with E-state index < -0.39 is 6.04 Å². The zero-order valence-electron chi connectivity index (χ0n) is 11.0. The Morgan fingerprint density at radius 2 is 2.00 bits per heavy atom. The van der Waals surface area contributed by atoms with Gasteiger partial charge in [-0.25, -0.2) is 0 Å². The third kappa shape index (κ3) is 4.12. The van der Waals surface area contributed by atoms with Crippen molar-refractivity contribution in [2.24, 2.45) is 17.1 Å². The van der Waals surface area contributed by atoms with Crippen molar-refractivity contribution in [3.63, 3.8) is 0 Å². The maximum Gasteiger partial charge on any atom is 0.237 e. The van der Waals surface area contributed by atoms with E-state index in [0.717, 1.165) is 18.8 Å². The molecule has 1 amide bonds. The van der Waals surface area contributed by atoms with E-state index >= 15 is 0 Å². The summed E-state index contributed by atoms with van der Waals surface area (Å²) >= 11 is 0. The predicted octanol–water partition coefficient (Wildman–Crippen LogP) is 2.05. The van der Waals surface area contributed by atoms with Gasteiger partial charge in [-0.05, 0) is 24.2 Å². The van der Waals surface area contributed by atoms with Crippen LogP contribution in [0.1, 0.15) is 53.4 Å². The smallest absolute Gasteiger partial charge is 0.237 e. The average Bonchev–Trinajstić information content (AvgIpc) is 2.97. The molecule has 1 fully saturated rings. The van der Waals surface area contributed by atoms with Crippen molar-refractivity contribution in [2.45, 2.75) is 65.5 Å². The van der Waals surface area contributed by atoms with Crippen LogP contribution in [0.15, 0.2) is 0 Å². The summed E-state index contributed by atoms with van der Waals surface area (Å²) in [5.41, 5.74) is 5.77. The van der Waals surface area contributed by atoms with Crippen molar-refractivity contribution in [3.05, 3.63) is 0 Å². The summed E-state index contributed by atoms with van der Waals surface area (Å²) in [6, 6.07) is -0.103. The van der Waals surface area contributed by atoms with Gasteiger partial charge in [0.25, 0.3) is 0 Å². The first-order valence-electron chi connectivity index (χ1n) is 6.40. The molecular formula is C13H26N2O. The first-order valence-corrected chi connectivity index (χ1v) is 6.40. The largest absolute Gasteiger partial charge is 0.352 e. The highest BCUT2D eigenvalue weighted by Crippen LogP contribution is 2.34. The van der Waals surface area contributed by atoms with Crippen LogP contribution in [0.4, 0.5) is 0 Å². The number of nitrogens with two attached hydrogens (primary N) is 1. The summed E-state index contributed by atoms with van der Waals surface area (Å²) in [7, 11) is 0. The van der Waals surface area contributed by atoms with E-state index in [0.29, 0.717) is 6.04 Å². The number of rotatable bonds is 5. The van der Waals surface area contributed by atoms with Gasteiger partial charge in [-0.1, -0.05) is 40.5 Å². The Kier molecular flexibility index (Phi) is 4.36. The number of hydrogen-bond donors (Lipinski definition) is 2. The Bertz CT molecular complexity index is 241. The van der Waals surface area contributed by atoms with E-state index in [1.165, 1.54) is 12.8 Å². The molecule has 0 aromatic carbocycles. The maximum atomic E-state index is 11.9. The van der Waals surface area contributed by atoms with Crippen LogP contribution >= 0.6 is 0 Å². The molecule has 0 aliphatic heterocycles. The SMILES string of the molecule is CCC(CC1CC1)NC(=O)[C@H](N)C(C)(C)C. The predicted molar refractivity (Wildman–Crippen MR) is 67.0 cm³/mol. The minimum Gasteiger partial charge on any atom is -0.352 e. The van der Waals surface area contributed by atoms with Crippen molar-refractivity contribution in [1.29, 1.82) is 0 Å². The lowest BCUT2D eigenvalue weighted by molar-refractivity contribution is -0.125. The summed E-state index contributed by atoms with van der Waals surface area (Å²) in [6.07, 6.45) is 4.79. The van der Waals surface area contributed by atoms with Gasteiger partial charge in [-0.3, -0.25) is 4.79 Å². The molecule has 1 rings (SSSR count). The zero-order valence-corrected chi connectivity index (χ0v) is 11.0. The Balaban J connectivity index is 2.41. The first-order chi connectivity index (χ1) is 7.34. The van der Waals surface area contributed by atoms with E-state index in [1.54, 1.807) is 0 Å². The number of amides is 1. The maximum absolute atomic E-state index is 11.9. The molecule has 1 unspecified atom stereocenters. The quantitative estimate of drug-likeness (QED) is 0.754. The van der Waals surface area contributed by atoms with Crippen LogP contribution in [0, 0.1) is 11.3 Å². The van der Waals surface area contributed by atoms with Crippen LogP contribution in [0.5, 0.6) is 0 Å². The van der Waals surface area contributed by atoms with Gasteiger partial charge in [0.2, 0.25) is 5.91 Å². The van der Waals surface area contributed by atoms with Crippen molar-refractivity contribution >= 4 is 5.91 Å². The van der Waals surface area contributed by atoms with Crippen LogP contribution in [-0.4, -0.2) is 18.0 Å². The zero-order chi connectivity index (χ0) is 12.3. The molecule has 16 heavy (non-hydrogen) atoms. The lowest BCUT2D eigenvalue weighted by Gasteiger charge is -2.28. The van der Waals surface area contributed by atoms with Crippen molar-refractivity contribution in [1.82, 2.24) is 5.32 Å². The fraction of sp³-hybridized carbons (Fsp3) is 0.923. The van der Waals surface area contributed by atoms with E-state index in [-0.39, 0.29) is 11.3 Å². The number of nitrogens with one attached hydrogen (secondary N) is 1. The van der Waals surface area contributed by atoms with Gasteiger partial charge in [0, 0.05) is 6.04 Å². The third-order valence-corrected chi connectivity index (χ3v) is 3.37. The van der Waals surface area contributed by atoms with Gasteiger partial charge < -0.3 is 11.1 Å². The molecule has 94 valence electrons.